The Labute approximate surface area is 247 Å². The first-order valence-electron chi connectivity index (χ1n) is 14.3. The lowest BCUT2D eigenvalue weighted by Gasteiger charge is -2.24. The van der Waals surface area contributed by atoms with Crippen LogP contribution in [0.3, 0.4) is 0 Å². The predicted molar refractivity (Wildman–Crippen MR) is 180 cm³/mol. The standard InChI is InChI=1S/C38H30N3P/c1-27(28-15-5-2-6-16-28)39-38-34-24-14-13-23-33(34)37(40-41-38)36-32-22-12-11-17-29(32)25-26-35(36)42(30-18-7-3-8-19-30)31-20-9-4-10-21-31/h2-27H,1H3,(H,39,41). The molecule has 0 spiro atoms. The number of fused-ring (bicyclic) bond motifs is 2. The molecule has 0 radical (unpaired) electrons. The molecule has 0 aliphatic carbocycles. The average Bonchev–Trinajstić information content (AvgIpc) is 3.06. The van der Waals surface area contributed by atoms with E-state index >= 15 is 0 Å². The first kappa shape index (κ1) is 26.1. The van der Waals surface area contributed by atoms with Crippen LogP contribution in [0.25, 0.3) is 32.8 Å². The molecule has 0 amide bonds. The molecule has 7 rings (SSSR count). The van der Waals surface area contributed by atoms with Crippen molar-refractivity contribution in [3.63, 3.8) is 0 Å². The predicted octanol–water partition coefficient (Wildman–Crippen LogP) is 8.38. The van der Waals surface area contributed by atoms with E-state index in [1.165, 1.54) is 32.2 Å². The molecule has 1 unspecified atom stereocenters. The molecule has 1 N–H and O–H groups in total. The van der Waals surface area contributed by atoms with Crippen LogP contribution in [0.2, 0.25) is 0 Å². The normalized spacial score (nSPS) is 12.0. The first-order valence-corrected chi connectivity index (χ1v) is 15.6. The summed E-state index contributed by atoms with van der Waals surface area (Å²) < 4.78 is 0. The van der Waals surface area contributed by atoms with Gasteiger partial charge in [0.25, 0.3) is 0 Å². The topological polar surface area (TPSA) is 37.8 Å². The van der Waals surface area contributed by atoms with E-state index in [0.29, 0.717) is 0 Å². The Morgan fingerprint density at radius 3 is 1.74 bits per heavy atom. The number of benzene rings is 6. The molecule has 0 aliphatic heterocycles. The van der Waals surface area contributed by atoms with Gasteiger partial charge in [0.1, 0.15) is 5.69 Å². The lowest BCUT2D eigenvalue weighted by Crippen LogP contribution is -2.22. The summed E-state index contributed by atoms with van der Waals surface area (Å²) in [5.74, 6) is 0.792. The van der Waals surface area contributed by atoms with Gasteiger partial charge in [-0.05, 0) is 47.1 Å². The Balaban J connectivity index is 1.47. The second kappa shape index (κ2) is 11.6. The van der Waals surface area contributed by atoms with E-state index in [2.05, 4.69) is 158 Å². The highest BCUT2D eigenvalue weighted by Crippen LogP contribution is 2.42. The number of nitrogens with zero attached hydrogens (tertiary/aromatic N) is 2. The number of aromatic nitrogens is 2. The number of anilines is 1. The van der Waals surface area contributed by atoms with E-state index in [1.807, 2.05) is 6.07 Å². The van der Waals surface area contributed by atoms with Gasteiger partial charge >= 0.3 is 0 Å². The van der Waals surface area contributed by atoms with Gasteiger partial charge in [-0.25, -0.2) is 0 Å². The molecule has 7 aromatic rings. The number of hydrogen-bond acceptors (Lipinski definition) is 3. The molecule has 202 valence electrons. The maximum absolute atomic E-state index is 5.00. The first-order chi connectivity index (χ1) is 20.8. The van der Waals surface area contributed by atoms with Crippen molar-refractivity contribution in [3.05, 3.63) is 157 Å². The van der Waals surface area contributed by atoms with Crippen LogP contribution in [-0.4, -0.2) is 10.2 Å². The van der Waals surface area contributed by atoms with Crippen LogP contribution in [0.15, 0.2) is 152 Å². The lowest BCUT2D eigenvalue weighted by atomic mass is 9.98. The SMILES string of the molecule is CC(Nc1nnc(-c2c(P(c3ccccc3)c3ccccc3)ccc3ccccc23)c2ccccc12)c1ccccc1. The molecule has 1 atom stereocenters. The highest BCUT2D eigenvalue weighted by atomic mass is 31.1. The molecule has 0 saturated carbocycles. The van der Waals surface area contributed by atoms with Gasteiger partial charge in [-0.1, -0.05) is 152 Å². The van der Waals surface area contributed by atoms with E-state index in [9.17, 15) is 0 Å². The average molecular weight is 560 g/mol. The minimum atomic E-state index is -0.854. The quantitative estimate of drug-likeness (QED) is 0.199. The number of nitrogens with one attached hydrogen (secondary N) is 1. The summed E-state index contributed by atoms with van der Waals surface area (Å²) in [4.78, 5) is 0. The van der Waals surface area contributed by atoms with E-state index in [4.69, 9.17) is 10.2 Å². The summed E-state index contributed by atoms with van der Waals surface area (Å²) >= 11 is 0. The molecule has 42 heavy (non-hydrogen) atoms. The largest absolute Gasteiger partial charge is 0.362 e. The zero-order valence-electron chi connectivity index (χ0n) is 23.4. The molecule has 1 heterocycles. The fourth-order valence-corrected chi connectivity index (χ4v) is 8.17. The van der Waals surface area contributed by atoms with Crippen molar-refractivity contribution in [2.75, 3.05) is 5.32 Å². The Bertz CT molecular complexity index is 1940. The molecule has 4 heteroatoms. The molecule has 0 fully saturated rings. The van der Waals surface area contributed by atoms with Crippen molar-refractivity contribution in [1.82, 2.24) is 10.2 Å². The van der Waals surface area contributed by atoms with Crippen molar-refractivity contribution in [3.8, 4) is 11.3 Å². The molecule has 0 bridgehead atoms. The summed E-state index contributed by atoms with van der Waals surface area (Å²) in [6.45, 7) is 2.16. The Kier molecular flexibility index (Phi) is 7.18. The Hall–Kier alpha value is -4.85. The van der Waals surface area contributed by atoms with Gasteiger partial charge in [0.15, 0.2) is 5.82 Å². The number of rotatable bonds is 7. The lowest BCUT2D eigenvalue weighted by molar-refractivity contribution is 0.866. The Morgan fingerprint density at radius 2 is 1.07 bits per heavy atom. The van der Waals surface area contributed by atoms with Crippen LogP contribution < -0.4 is 21.2 Å². The monoisotopic (exact) mass is 559 g/mol. The van der Waals surface area contributed by atoms with Crippen LogP contribution in [0.1, 0.15) is 18.5 Å². The van der Waals surface area contributed by atoms with Crippen molar-refractivity contribution in [1.29, 1.82) is 0 Å². The highest BCUT2D eigenvalue weighted by Gasteiger charge is 2.24. The smallest absolute Gasteiger partial charge is 0.157 e. The van der Waals surface area contributed by atoms with Crippen molar-refractivity contribution < 1.29 is 0 Å². The molecular formula is C38H30N3P. The van der Waals surface area contributed by atoms with E-state index in [0.717, 1.165) is 27.8 Å². The van der Waals surface area contributed by atoms with Gasteiger partial charge < -0.3 is 5.32 Å². The summed E-state index contributed by atoms with van der Waals surface area (Å²) in [7, 11) is -0.854. The fraction of sp³-hybridized carbons (Fsp3) is 0.0526. The van der Waals surface area contributed by atoms with Crippen molar-refractivity contribution in [2.45, 2.75) is 13.0 Å². The van der Waals surface area contributed by atoms with Gasteiger partial charge in [0, 0.05) is 16.3 Å². The van der Waals surface area contributed by atoms with Crippen LogP contribution in [0.4, 0.5) is 5.82 Å². The molecule has 3 nitrogen and oxygen atoms in total. The number of hydrogen-bond donors (Lipinski definition) is 1. The molecule has 1 aromatic heterocycles. The summed E-state index contributed by atoms with van der Waals surface area (Å²) in [6.07, 6.45) is 0. The van der Waals surface area contributed by atoms with E-state index < -0.39 is 7.92 Å². The molecule has 0 saturated heterocycles. The van der Waals surface area contributed by atoms with Gasteiger partial charge in [0.2, 0.25) is 0 Å². The highest BCUT2D eigenvalue weighted by molar-refractivity contribution is 7.80. The third-order valence-electron chi connectivity index (χ3n) is 7.75. The van der Waals surface area contributed by atoms with Gasteiger partial charge in [0.05, 0.1) is 6.04 Å². The third-order valence-corrected chi connectivity index (χ3v) is 10.2. The molecule has 0 aliphatic rings. The summed E-state index contributed by atoms with van der Waals surface area (Å²) in [6, 6.07) is 54.0. The fourth-order valence-electron chi connectivity index (χ4n) is 5.70. The van der Waals surface area contributed by atoms with Gasteiger partial charge in [-0.2, -0.15) is 0 Å². The second-order valence-electron chi connectivity index (χ2n) is 10.4. The summed E-state index contributed by atoms with van der Waals surface area (Å²) in [5.41, 5.74) is 3.27. The zero-order valence-corrected chi connectivity index (χ0v) is 24.2. The van der Waals surface area contributed by atoms with Crippen molar-refractivity contribution in [2.24, 2.45) is 0 Å². The minimum absolute atomic E-state index is 0.0897. The molecular weight excluding hydrogens is 529 g/mol. The van der Waals surface area contributed by atoms with Gasteiger partial charge in [-0.3, -0.25) is 0 Å². The maximum Gasteiger partial charge on any atom is 0.157 e. The van der Waals surface area contributed by atoms with Crippen LogP contribution in [-0.2, 0) is 0 Å². The minimum Gasteiger partial charge on any atom is -0.362 e. The maximum atomic E-state index is 5.00. The van der Waals surface area contributed by atoms with Crippen LogP contribution in [0.5, 0.6) is 0 Å². The van der Waals surface area contributed by atoms with Crippen LogP contribution in [0, 0.1) is 0 Å². The third kappa shape index (κ3) is 4.93. The van der Waals surface area contributed by atoms with E-state index in [-0.39, 0.29) is 6.04 Å². The second-order valence-corrected chi connectivity index (χ2v) is 12.6. The van der Waals surface area contributed by atoms with E-state index in [1.54, 1.807) is 0 Å². The van der Waals surface area contributed by atoms with Crippen molar-refractivity contribution >= 4 is 51.2 Å². The van der Waals surface area contributed by atoms with Gasteiger partial charge in [-0.15, -0.1) is 10.2 Å². The summed E-state index contributed by atoms with van der Waals surface area (Å²) in [5, 5.41) is 21.9. The molecule has 6 aromatic carbocycles. The zero-order chi connectivity index (χ0) is 28.3. The Morgan fingerprint density at radius 1 is 0.524 bits per heavy atom. The van der Waals surface area contributed by atoms with Crippen LogP contribution >= 0.6 is 7.92 Å².